The number of hydrogen-bond acceptors (Lipinski definition) is 5. The van der Waals surface area contributed by atoms with Crippen LogP contribution >= 0.6 is 0 Å². The van der Waals surface area contributed by atoms with Gasteiger partial charge in [-0.05, 0) is 47.5 Å². The molecule has 0 atom stereocenters. The van der Waals surface area contributed by atoms with E-state index in [4.69, 9.17) is 5.26 Å². The SMILES string of the molecule is N#Cc1ccc(-n2nnnc2CNC2CCCCC2)cc1. The summed E-state index contributed by atoms with van der Waals surface area (Å²) in [5.74, 6) is 0.797. The number of rotatable bonds is 4. The lowest BCUT2D eigenvalue weighted by Gasteiger charge is -2.22. The summed E-state index contributed by atoms with van der Waals surface area (Å²) in [6.45, 7) is 0.664. The standard InChI is InChI=1S/C15H18N6/c16-10-12-6-8-14(9-7-12)21-15(18-19-20-21)11-17-13-4-2-1-3-5-13/h6-9,13,17H,1-5,11H2. The zero-order valence-electron chi connectivity index (χ0n) is 11.9. The normalized spacial score (nSPS) is 15.8. The van der Waals surface area contributed by atoms with Crippen LogP contribution in [-0.2, 0) is 6.54 Å². The van der Waals surface area contributed by atoms with Gasteiger partial charge >= 0.3 is 0 Å². The zero-order valence-corrected chi connectivity index (χ0v) is 11.9. The van der Waals surface area contributed by atoms with Gasteiger partial charge < -0.3 is 5.32 Å². The molecule has 1 heterocycles. The molecule has 0 saturated heterocycles. The predicted molar refractivity (Wildman–Crippen MR) is 77.6 cm³/mol. The highest BCUT2D eigenvalue weighted by molar-refractivity contribution is 5.38. The number of nitrogens with zero attached hydrogens (tertiary/aromatic N) is 5. The van der Waals surface area contributed by atoms with Crippen molar-refractivity contribution in [3.63, 3.8) is 0 Å². The van der Waals surface area contributed by atoms with Crippen LogP contribution in [0.15, 0.2) is 24.3 Å². The summed E-state index contributed by atoms with van der Waals surface area (Å²) in [4.78, 5) is 0. The lowest BCUT2D eigenvalue weighted by Crippen LogP contribution is -2.31. The molecule has 1 aliphatic rings. The quantitative estimate of drug-likeness (QED) is 0.927. The third-order valence-electron chi connectivity index (χ3n) is 3.93. The average molecular weight is 282 g/mol. The Kier molecular flexibility index (Phi) is 4.22. The first-order chi connectivity index (χ1) is 10.4. The van der Waals surface area contributed by atoms with E-state index in [2.05, 4.69) is 26.9 Å². The summed E-state index contributed by atoms with van der Waals surface area (Å²) >= 11 is 0. The average Bonchev–Trinajstić information content (AvgIpc) is 3.02. The molecule has 21 heavy (non-hydrogen) atoms. The van der Waals surface area contributed by atoms with E-state index in [-0.39, 0.29) is 0 Å². The molecule has 6 heteroatoms. The van der Waals surface area contributed by atoms with E-state index in [0.717, 1.165) is 11.5 Å². The molecule has 1 aliphatic carbocycles. The van der Waals surface area contributed by atoms with E-state index in [9.17, 15) is 0 Å². The fraction of sp³-hybridized carbons (Fsp3) is 0.467. The molecule has 108 valence electrons. The molecule has 0 bridgehead atoms. The molecule has 0 radical (unpaired) electrons. The Morgan fingerprint density at radius 1 is 1.19 bits per heavy atom. The van der Waals surface area contributed by atoms with E-state index >= 15 is 0 Å². The van der Waals surface area contributed by atoms with E-state index in [0.29, 0.717) is 18.2 Å². The summed E-state index contributed by atoms with van der Waals surface area (Å²) in [6.07, 6.45) is 6.43. The van der Waals surface area contributed by atoms with Crippen molar-refractivity contribution in [3.05, 3.63) is 35.7 Å². The van der Waals surface area contributed by atoms with Gasteiger partial charge in [0.15, 0.2) is 5.82 Å². The fourth-order valence-corrected chi connectivity index (χ4v) is 2.74. The van der Waals surface area contributed by atoms with Gasteiger partial charge in [0.25, 0.3) is 0 Å². The number of hydrogen-bond donors (Lipinski definition) is 1. The zero-order chi connectivity index (χ0) is 14.5. The lowest BCUT2D eigenvalue weighted by atomic mass is 9.95. The second-order valence-electron chi connectivity index (χ2n) is 5.38. The van der Waals surface area contributed by atoms with Crippen LogP contribution in [0.4, 0.5) is 0 Å². The molecule has 3 rings (SSSR count). The maximum atomic E-state index is 8.83. The third-order valence-corrected chi connectivity index (χ3v) is 3.93. The van der Waals surface area contributed by atoms with Gasteiger partial charge in [-0.2, -0.15) is 9.94 Å². The maximum Gasteiger partial charge on any atom is 0.170 e. The van der Waals surface area contributed by atoms with Crippen molar-refractivity contribution in [3.8, 4) is 11.8 Å². The van der Waals surface area contributed by atoms with Crippen molar-refractivity contribution in [1.82, 2.24) is 25.5 Å². The second-order valence-corrected chi connectivity index (χ2v) is 5.38. The molecule has 0 spiro atoms. The Morgan fingerprint density at radius 2 is 1.95 bits per heavy atom. The van der Waals surface area contributed by atoms with Gasteiger partial charge in [-0.1, -0.05) is 19.3 Å². The third kappa shape index (κ3) is 3.26. The van der Waals surface area contributed by atoms with Crippen LogP contribution in [-0.4, -0.2) is 26.2 Å². The number of nitrogens with one attached hydrogen (secondary N) is 1. The number of tetrazole rings is 1. The summed E-state index contributed by atoms with van der Waals surface area (Å²) in [6, 6.07) is 9.95. The van der Waals surface area contributed by atoms with Gasteiger partial charge in [-0.25, -0.2) is 0 Å². The minimum atomic E-state index is 0.574. The Labute approximate surface area is 123 Å². The number of aromatic nitrogens is 4. The first-order valence-corrected chi connectivity index (χ1v) is 7.38. The Hall–Kier alpha value is -2.26. The molecule has 2 aromatic rings. The van der Waals surface area contributed by atoms with Crippen LogP contribution in [0, 0.1) is 11.3 Å². The van der Waals surface area contributed by atoms with E-state index in [1.807, 2.05) is 12.1 Å². The van der Waals surface area contributed by atoms with Crippen LogP contribution in [0.3, 0.4) is 0 Å². The van der Waals surface area contributed by atoms with E-state index in [1.165, 1.54) is 32.1 Å². The topological polar surface area (TPSA) is 79.4 Å². The summed E-state index contributed by atoms with van der Waals surface area (Å²) in [5.41, 5.74) is 1.51. The van der Waals surface area contributed by atoms with Crippen LogP contribution < -0.4 is 5.32 Å². The summed E-state index contributed by atoms with van der Waals surface area (Å²) in [7, 11) is 0. The molecular weight excluding hydrogens is 264 g/mol. The molecule has 1 fully saturated rings. The van der Waals surface area contributed by atoms with Crippen LogP contribution in [0.2, 0.25) is 0 Å². The molecule has 6 nitrogen and oxygen atoms in total. The first kappa shape index (κ1) is 13.7. The largest absolute Gasteiger partial charge is 0.307 e. The first-order valence-electron chi connectivity index (χ1n) is 7.38. The van der Waals surface area contributed by atoms with Crippen LogP contribution in [0.1, 0.15) is 43.5 Å². The Bertz CT molecular complexity index is 618. The van der Waals surface area contributed by atoms with Crippen molar-refractivity contribution in [2.45, 2.75) is 44.7 Å². The molecule has 0 amide bonds. The predicted octanol–water partition coefficient (Wildman–Crippen LogP) is 1.96. The van der Waals surface area contributed by atoms with Crippen LogP contribution in [0.25, 0.3) is 5.69 Å². The Morgan fingerprint density at radius 3 is 2.67 bits per heavy atom. The van der Waals surface area contributed by atoms with Crippen molar-refractivity contribution in [2.24, 2.45) is 0 Å². The highest BCUT2D eigenvalue weighted by Gasteiger charge is 2.15. The van der Waals surface area contributed by atoms with E-state index < -0.39 is 0 Å². The smallest absolute Gasteiger partial charge is 0.170 e. The Balaban J connectivity index is 1.69. The van der Waals surface area contributed by atoms with Gasteiger partial charge in [0.05, 0.1) is 23.9 Å². The fourth-order valence-electron chi connectivity index (χ4n) is 2.74. The highest BCUT2D eigenvalue weighted by Crippen LogP contribution is 2.18. The van der Waals surface area contributed by atoms with Gasteiger partial charge in [-0.3, -0.25) is 0 Å². The minimum absolute atomic E-state index is 0.574. The number of benzene rings is 1. The molecule has 1 aromatic heterocycles. The van der Waals surface area contributed by atoms with Gasteiger partial charge in [0.2, 0.25) is 0 Å². The molecule has 1 aromatic carbocycles. The molecule has 1 saturated carbocycles. The highest BCUT2D eigenvalue weighted by atomic mass is 15.5. The van der Waals surface area contributed by atoms with E-state index in [1.54, 1.807) is 16.8 Å². The van der Waals surface area contributed by atoms with Crippen molar-refractivity contribution < 1.29 is 0 Å². The van der Waals surface area contributed by atoms with Crippen molar-refractivity contribution >= 4 is 0 Å². The molecule has 0 unspecified atom stereocenters. The summed E-state index contributed by atoms with van der Waals surface area (Å²) in [5, 5.41) is 24.3. The summed E-state index contributed by atoms with van der Waals surface area (Å²) < 4.78 is 1.72. The molecular formula is C15H18N6. The van der Waals surface area contributed by atoms with Crippen LogP contribution in [0.5, 0.6) is 0 Å². The van der Waals surface area contributed by atoms with Gasteiger partial charge in [-0.15, -0.1) is 5.10 Å². The minimum Gasteiger partial charge on any atom is -0.307 e. The second kappa shape index (κ2) is 6.46. The van der Waals surface area contributed by atoms with Gasteiger partial charge in [0, 0.05) is 6.04 Å². The monoisotopic (exact) mass is 282 g/mol. The van der Waals surface area contributed by atoms with Crippen molar-refractivity contribution in [1.29, 1.82) is 5.26 Å². The molecule has 0 aliphatic heterocycles. The maximum absolute atomic E-state index is 8.83. The van der Waals surface area contributed by atoms with Gasteiger partial charge in [0.1, 0.15) is 0 Å². The number of nitriles is 1. The lowest BCUT2D eigenvalue weighted by molar-refractivity contribution is 0.368. The molecule has 1 N–H and O–H groups in total. The van der Waals surface area contributed by atoms with Crippen molar-refractivity contribution in [2.75, 3.05) is 0 Å².